The van der Waals surface area contributed by atoms with E-state index < -0.39 is 0 Å². The third-order valence-electron chi connectivity index (χ3n) is 2.99. The van der Waals surface area contributed by atoms with E-state index >= 15 is 0 Å². The molecule has 0 radical (unpaired) electrons. The molecule has 0 amide bonds. The van der Waals surface area contributed by atoms with Crippen molar-refractivity contribution in [3.05, 3.63) is 24.3 Å². The Balaban J connectivity index is 2.05. The van der Waals surface area contributed by atoms with E-state index in [-0.39, 0.29) is 0 Å². The third kappa shape index (κ3) is 2.47. The largest absolute Gasteiger partial charge is 0.488 e. The summed E-state index contributed by atoms with van der Waals surface area (Å²) in [6.45, 7) is 8.35. The molecule has 1 fully saturated rings. The maximum absolute atomic E-state index is 5.84. The second-order valence-corrected chi connectivity index (χ2v) is 4.07. The Morgan fingerprint density at radius 2 is 2.06 bits per heavy atom. The minimum absolute atomic E-state index is 0.354. The number of rotatable bonds is 5. The Kier molecular flexibility index (Phi) is 3.67. The maximum Gasteiger partial charge on any atom is 0.123 e. The number of nitrogens with one attached hydrogen (secondary N) is 1. The van der Waals surface area contributed by atoms with Gasteiger partial charge in [0.15, 0.2) is 0 Å². The predicted octanol–water partition coefficient (Wildman–Crippen LogP) is 1.88. The van der Waals surface area contributed by atoms with Crippen molar-refractivity contribution in [2.45, 2.75) is 20.0 Å². The topological polar surface area (TPSA) is 24.5 Å². The molecule has 0 aliphatic carbocycles. The van der Waals surface area contributed by atoms with E-state index in [0.29, 0.717) is 6.10 Å². The molecule has 1 N–H and O–H groups in total. The Hall–Kier alpha value is -1.22. The van der Waals surface area contributed by atoms with E-state index in [1.807, 2.05) is 6.07 Å². The lowest BCUT2D eigenvalue weighted by Crippen LogP contribution is -2.50. The van der Waals surface area contributed by atoms with Crippen LogP contribution in [0.2, 0.25) is 0 Å². The lowest BCUT2D eigenvalue weighted by molar-refractivity contribution is 0.142. The van der Waals surface area contributed by atoms with Gasteiger partial charge in [-0.05, 0) is 26.0 Å². The van der Waals surface area contributed by atoms with Gasteiger partial charge in [0, 0.05) is 37.9 Å². The van der Waals surface area contributed by atoms with Gasteiger partial charge in [0.25, 0.3) is 0 Å². The Bertz CT molecular complexity index is 332. The van der Waals surface area contributed by atoms with Crippen molar-refractivity contribution >= 4 is 5.69 Å². The standard InChI is InChI=1S/C13H20N2O/c1-3-15(4-2)11-6-5-7-12(8-11)16-13-9-14-10-13/h5-8,13-14H,3-4,9-10H2,1-2H3. The van der Waals surface area contributed by atoms with Crippen LogP contribution in [0.25, 0.3) is 0 Å². The summed E-state index contributed by atoms with van der Waals surface area (Å²) in [6, 6.07) is 8.37. The summed E-state index contributed by atoms with van der Waals surface area (Å²) < 4.78 is 5.84. The van der Waals surface area contributed by atoms with Gasteiger partial charge in [-0.25, -0.2) is 0 Å². The van der Waals surface area contributed by atoms with Gasteiger partial charge in [0.2, 0.25) is 0 Å². The fourth-order valence-corrected chi connectivity index (χ4v) is 1.88. The smallest absolute Gasteiger partial charge is 0.123 e. The van der Waals surface area contributed by atoms with Gasteiger partial charge >= 0.3 is 0 Å². The SMILES string of the molecule is CCN(CC)c1cccc(OC2CNC2)c1. The van der Waals surface area contributed by atoms with Crippen LogP contribution in [-0.4, -0.2) is 32.3 Å². The van der Waals surface area contributed by atoms with Crippen LogP contribution in [0.4, 0.5) is 5.69 Å². The van der Waals surface area contributed by atoms with Crippen LogP contribution in [0.3, 0.4) is 0 Å². The average Bonchev–Trinajstić information content (AvgIpc) is 2.26. The Labute approximate surface area is 97.4 Å². The highest BCUT2D eigenvalue weighted by Gasteiger charge is 2.18. The fourth-order valence-electron chi connectivity index (χ4n) is 1.88. The summed E-state index contributed by atoms with van der Waals surface area (Å²) in [5.41, 5.74) is 1.25. The van der Waals surface area contributed by atoms with E-state index in [0.717, 1.165) is 31.9 Å². The molecule has 0 saturated carbocycles. The van der Waals surface area contributed by atoms with Crippen LogP contribution >= 0.6 is 0 Å². The molecule has 88 valence electrons. The summed E-state index contributed by atoms with van der Waals surface area (Å²) in [7, 11) is 0. The van der Waals surface area contributed by atoms with Crippen molar-refractivity contribution in [2.24, 2.45) is 0 Å². The van der Waals surface area contributed by atoms with Crippen molar-refractivity contribution in [1.29, 1.82) is 0 Å². The second kappa shape index (κ2) is 5.21. The lowest BCUT2D eigenvalue weighted by atomic mass is 10.2. The van der Waals surface area contributed by atoms with E-state index in [1.54, 1.807) is 0 Å². The molecule has 16 heavy (non-hydrogen) atoms. The number of ether oxygens (including phenoxy) is 1. The monoisotopic (exact) mass is 220 g/mol. The molecule has 0 unspecified atom stereocenters. The predicted molar refractivity (Wildman–Crippen MR) is 67.3 cm³/mol. The maximum atomic E-state index is 5.84. The van der Waals surface area contributed by atoms with Crippen LogP contribution < -0.4 is 15.0 Å². The number of benzene rings is 1. The van der Waals surface area contributed by atoms with E-state index in [1.165, 1.54) is 5.69 Å². The highest BCUT2D eigenvalue weighted by molar-refractivity contribution is 5.50. The highest BCUT2D eigenvalue weighted by Crippen LogP contribution is 2.22. The van der Waals surface area contributed by atoms with Crippen LogP contribution in [0.1, 0.15) is 13.8 Å². The minimum atomic E-state index is 0.354. The summed E-state index contributed by atoms with van der Waals surface area (Å²) in [5, 5.41) is 3.21. The van der Waals surface area contributed by atoms with Gasteiger partial charge in [-0.2, -0.15) is 0 Å². The molecule has 1 heterocycles. The van der Waals surface area contributed by atoms with Crippen molar-refractivity contribution in [3.63, 3.8) is 0 Å². The quantitative estimate of drug-likeness (QED) is 0.820. The van der Waals surface area contributed by atoms with Crippen LogP contribution in [0, 0.1) is 0 Å². The minimum Gasteiger partial charge on any atom is -0.488 e. The number of nitrogens with zero attached hydrogens (tertiary/aromatic N) is 1. The molecule has 0 aromatic heterocycles. The van der Waals surface area contributed by atoms with Gasteiger partial charge in [-0.1, -0.05) is 6.07 Å². The highest BCUT2D eigenvalue weighted by atomic mass is 16.5. The van der Waals surface area contributed by atoms with Crippen LogP contribution in [0.15, 0.2) is 24.3 Å². The molecular formula is C13H20N2O. The van der Waals surface area contributed by atoms with Gasteiger partial charge in [-0.15, -0.1) is 0 Å². The molecule has 1 saturated heterocycles. The normalized spacial score (nSPS) is 15.6. The van der Waals surface area contributed by atoms with Crippen LogP contribution in [-0.2, 0) is 0 Å². The van der Waals surface area contributed by atoms with Crippen molar-refractivity contribution in [1.82, 2.24) is 5.32 Å². The Morgan fingerprint density at radius 3 is 2.62 bits per heavy atom. The Morgan fingerprint density at radius 1 is 1.31 bits per heavy atom. The second-order valence-electron chi connectivity index (χ2n) is 4.07. The van der Waals surface area contributed by atoms with E-state index in [2.05, 4.69) is 42.3 Å². The molecule has 0 atom stereocenters. The zero-order chi connectivity index (χ0) is 11.4. The molecule has 1 aliphatic rings. The van der Waals surface area contributed by atoms with Gasteiger partial charge < -0.3 is 15.0 Å². The van der Waals surface area contributed by atoms with E-state index in [4.69, 9.17) is 4.74 Å². The molecule has 3 nitrogen and oxygen atoms in total. The summed E-state index contributed by atoms with van der Waals surface area (Å²) in [4.78, 5) is 2.33. The summed E-state index contributed by atoms with van der Waals surface area (Å²) in [5.74, 6) is 0.982. The molecule has 1 aromatic rings. The molecule has 1 aliphatic heterocycles. The fraction of sp³-hybridized carbons (Fsp3) is 0.538. The first-order valence-corrected chi connectivity index (χ1v) is 6.06. The summed E-state index contributed by atoms with van der Waals surface area (Å²) in [6.07, 6.45) is 0.354. The molecular weight excluding hydrogens is 200 g/mol. The van der Waals surface area contributed by atoms with Crippen molar-refractivity contribution in [3.8, 4) is 5.75 Å². The summed E-state index contributed by atoms with van der Waals surface area (Å²) >= 11 is 0. The first kappa shape index (κ1) is 11.3. The van der Waals surface area contributed by atoms with Gasteiger partial charge in [0.1, 0.15) is 11.9 Å². The molecule has 0 bridgehead atoms. The lowest BCUT2D eigenvalue weighted by Gasteiger charge is -2.28. The zero-order valence-electron chi connectivity index (χ0n) is 10.1. The van der Waals surface area contributed by atoms with Gasteiger partial charge in [-0.3, -0.25) is 0 Å². The number of hydrogen-bond donors (Lipinski definition) is 1. The molecule has 0 spiro atoms. The van der Waals surface area contributed by atoms with E-state index in [9.17, 15) is 0 Å². The van der Waals surface area contributed by atoms with Crippen molar-refractivity contribution in [2.75, 3.05) is 31.1 Å². The first-order valence-electron chi connectivity index (χ1n) is 6.06. The number of anilines is 1. The van der Waals surface area contributed by atoms with Crippen LogP contribution in [0.5, 0.6) is 5.75 Å². The zero-order valence-corrected chi connectivity index (χ0v) is 10.1. The molecule has 3 heteroatoms. The first-order chi connectivity index (χ1) is 7.83. The van der Waals surface area contributed by atoms with Crippen molar-refractivity contribution < 1.29 is 4.74 Å². The number of hydrogen-bond acceptors (Lipinski definition) is 3. The third-order valence-corrected chi connectivity index (χ3v) is 2.99. The van der Waals surface area contributed by atoms with Gasteiger partial charge in [0.05, 0.1) is 0 Å². The molecule has 2 rings (SSSR count). The average molecular weight is 220 g/mol. The molecule has 1 aromatic carbocycles.